The van der Waals surface area contributed by atoms with Crippen molar-refractivity contribution < 1.29 is 28.9 Å². The number of hydrogen-bond donors (Lipinski definition) is 1. The molecule has 1 N–H and O–H groups in total. The van der Waals surface area contributed by atoms with Crippen molar-refractivity contribution in [3.8, 4) is 11.5 Å². The van der Waals surface area contributed by atoms with Crippen molar-refractivity contribution in [3.63, 3.8) is 0 Å². The van der Waals surface area contributed by atoms with Gasteiger partial charge < -0.3 is 19.3 Å². The van der Waals surface area contributed by atoms with Crippen molar-refractivity contribution in [2.24, 2.45) is 0 Å². The monoisotopic (exact) mass is 252 g/mol. The number of benzene rings is 1. The zero-order chi connectivity index (χ0) is 13.3. The molecule has 0 saturated carbocycles. The van der Waals surface area contributed by atoms with E-state index in [-0.39, 0.29) is 6.42 Å². The Hall–Kier alpha value is -2.24. The van der Waals surface area contributed by atoms with E-state index in [1.165, 1.54) is 20.3 Å². The van der Waals surface area contributed by atoms with E-state index >= 15 is 0 Å². The first-order valence-corrected chi connectivity index (χ1v) is 5.25. The average Bonchev–Trinajstić information content (AvgIpc) is 2.63. The maximum absolute atomic E-state index is 11.6. The molecular weight excluding hydrogens is 240 g/mol. The van der Waals surface area contributed by atoms with Crippen LogP contribution in [0.5, 0.6) is 11.5 Å². The van der Waals surface area contributed by atoms with Gasteiger partial charge in [-0.05, 0) is 12.1 Å². The highest BCUT2D eigenvalue weighted by atomic mass is 16.6. The summed E-state index contributed by atoms with van der Waals surface area (Å²) < 4.78 is 15.2. The van der Waals surface area contributed by atoms with Gasteiger partial charge in [0.05, 0.1) is 26.2 Å². The molecule has 96 valence electrons. The van der Waals surface area contributed by atoms with E-state index in [2.05, 4.69) is 0 Å². The van der Waals surface area contributed by atoms with Crippen LogP contribution in [0, 0.1) is 0 Å². The number of hydrogen-bond acceptors (Lipinski definition) is 5. The largest absolute Gasteiger partial charge is 0.493 e. The molecule has 1 atom stereocenters. The van der Waals surface area contributed by atoms with Crippen LogP contribution < -0.4 is 9.47 Å². The SMILES string of the molecule is COc1cc2c(cc1OC)[C@H](CC(=O)O)OC2=O. The fraction of sp³-hybridized carbons (Fsp3) is 0.333. The second-order valence-electron chi connectivity index (χ2n) is 3.79. The van der Waals surface area contributed by atoms with E-state index in [0.29, 0.717) is 22.6 Å². The van der Waals surface area contributed by atoms with Crippen LogP contribution in [0.25, 0.3) is 0 Å². The van der Waals surface area contributed by atoms with Gasteiger partial charge in [0.15, 0.2) is 11.5 Å². The highest BCUT2D eigenvalue weighted by Crippen LogP contribution is 2.40. The van der Waals surface area contributed by atoms with Crippen molar-refractivity contribution in [1.82, 2.24) is 0 Å². The topological polar surface area (TPSA) is 82.1 Å². The third kappa shape index (κ3) is 1.97. The summed E-state index contributed by atoms with van der Waals surface area (Å²) in [5, 5.41) is 8.77. The summed E-state index contributed by atoms with van der Waals surface area (Å²) in [6.45, 7) is 0. The van der Waals surface area contributed by atoms with Crippen LogP contribution in [0.15, 0.2) is 12.1 Å². The highest BCUT2D eigenvalue weighted by Gasteiger charge is 2.34. The summed E-state index contributed by atoms with van der Waals surface area (Å²) >= 11 is 0. The van der Waals surface area contributed by atoms with Crippen LogP contribution in [-0.2, 0) is 9.53 Å². The number of carbonyl (C=O) groups is 2. The lowest BCUT2D eigenvalue weighted by molar-refractivity contribution is -0.139. The smallest absolute Gasteiger partial charge is 0.339 e. The number of cyclic esters (lactones) is 1. The van der Waals surface area contributed by atoms with E-state index in [0.717, 1.165) is 0 Å². The van der Waals surface area contributed by atoms with Crippen LogP contribution in [0.2, 0.25) is 0 Å². The summed E-state index contributed by atoms with van der Waals surface area (Å²) in [5.74, 6) is -0.734. The molecule has 0 bridgehead atoms. The highest BCUT2D eigenvalue weighted by molar-refractivity contribution is 5.95. The van der Waals surface area contributed by atoms with Gasteiger partial charge in [0.2, 0.25) is 0 Å². The molecule has 1 aromatic carbocycles. The van der Waals surface area contributed by atoms with E-state index in [1.807, 2.05) is 0 Å². The van der Waals surface area contributed by atoms with Gasteiger partial charge in [0, 0.05) is 5.56 Å². The zero-order valence-electron chi connectivity index (χ0n) is 9.93. The normalized spacial score (nSPS) is 17.0. The van der Waals surface area contributed by atoms with E-state index < -0.39 is 18.0 Å². The zero-order valence-corrected chi connectivity index (χ0v) is 9.93. The van der Waals surface area contributed by atoms with E-state index in [9.17, 15) is 9.59 Å². The van der Waals surface area contributed by atoms with Gasteiger partial charge in [-0.25, -0.2) is 4.79 Å². The van der Waals surface area contributed by atoms with Gasteiger partial charge in [0.1, 0.15) is 6.10 Å². The molecule has 0 aliphatic carbocycles. The Morgan fingerprint density at radius 2 is 1.94 bits per heavy atom. The number of carboxylic acids is 1. The fourth-order valence-corrected chi connectivity index (χ4v) is 1.90. The number of carbonyl (C=O) groups excluding carboxylic acids is 1. The lowest BCUT2D eigenvalue weighted by Crippen LogP contribution is -2.06. The van der Waals surface area contributed by atoms with Crippen molar-refractivity contribution in [3.05, 3.63) is 23.3 Å². The minimum absolute atomic E-state index is 0.270. The van der Waals surface area contributed by atoms with Crippen molar-refractivity contribution in [2.75, 3.05) is 14.2 Å². The molecular formula is C12H12O6. The summed E-state index contributed by atoms with van der Waals surface area (Å²) in [4.78, 5) is 22.3. The van der Waals surface area contributed by atoms with Crippen molar-refractivity contribution in [1.29, 1.82) is 0 Å². The first-order chi connectivity index (χ1) is 8.56. The molecule has 6 nitrogen and oxygen atoms in total. The Balaban J connectivity index is 2.46. The quantitative estimate of drug-likeness (QED) is 0.815. The predicted molar refractivity (Wildman–Crippen MR) is 60.0 cm³/mol. The Morgan fingerprint density at radius 3 is 2.50 bits per heavy atom. The molecule has 0 spiro atoms. The molecule has 1 heterocycles. The van der Waals surface area contributed by atoms with E-state index in [4.69, 9.17) is 19.3 Å². The maximum atomic E-state index is 11.6. The molecule has 1 aliphatic heterocycles. The number of esters is 1. The minimum Gasteiger partial charge on any atom is -0.493 e. The Labute approximate surface area is 103 Å². The van der Waals surface area contributed by atoms with Gasteiger partial charge in [-0.15, -0.1) is 0 Å². The second-order valence-corrected chi connectivity index (χ2v) is 3.79. The van der Waals surface area contributed by atoms with Crippen LogP contribution in [0.4, 0.5) is 0 Å². The molecule has 1 aliphatic rings. The predicted octanol–water partition coefficient (Wildman–Crippen LogP) is 1.39. The Kier molecular flexibility index (Phi) is 3.10. The summed E-state index contributed by atoms with van der Waals surface area (Å²) in [6.07, 6.45) is -1.04. The summed E-state index contributed by atoms with van der Waals surface area (Å²) in [7, 11) is 2.92. The van der Waals surface area contributed by atoms with Crippen LogP contribution in [-0.4, -0.2) is 31.3 Å². The first-order valence-electron chi connectivity index (χ1n) is 5.25. The second kappa shape index (κ2) is 4.56. The van der Waals surface area contributed by atoms with Gasteiger partial charge in [0.25, 0.3) is 0 Å². The fourth-order valence-electron chi connectivity index (χ4n) is 1.90. The molecule has 0 saturated heterocycles. The molecule has 0 fully saturated rings. The van der Waals surface area contributed by atoms with Crippen molar-refractivity contribution >= 4 is 11.9 Å². The number of ether oxygens (including phenoxy) is 3. The maximum Gasteiger partial charge on any atom is 0.339 e. The van der Waals surface area contributed by atoms with Gasteiger partial charge in [-0.2, -0.15) is 0 Å². The third-order valence-electron chi connectivity index (χ3n) is 2.73. The molecule has 18 heavy (non-hydrogen) atoms. The molecule has 6 heteroatoms. The lowest BCUT2D eigenvalue weighted by Gasteiger charge is -2.11. The summed E-state index contributed by atoms with van der Waals surface area (Å²) in [6, 6.07) is 3.07. The molecule has 2 rings (SSSR count). The molecule has 0 unspecified atom stereocenters. The number of fused-ring (bicyclic) bond motifs is 1. The molecule has 0 radical (unpaired) electrons. The van der Waals surface area contributed by atoms with Gasteiger partial charge in [-0.1, -0.05) is 0 Å². The number of methoxy groups -OCH3 is 2. The standard InChI is InChI=1S/C12H12O6/c1-16-9-3-6-7(4-10(9)17-2)12(15)18-8(6)5-11(13)14/h3-4,8H,5H2,1-2H3,(H,13,14)/t8-/m0/s1. The number of carboxylic acid groups (broad SMARTS) is 1. The van der Waals surface area contributed by atoms with Crippen LogP contribution in [0.3, 0.4) is 0 Å². The minimum atomic E-state index is -1.03. The van der Waals surface area contributed by atoms with Crippen molar-refractivity contribution in [2.45, 2.75) is 12.5 Å². The average molecular weight is 252 g/mol. The van der Waals surface area contributed by atoms with Gasteiger partial charge >= 0.3 is 11.9 Å². The summed E-state index contributed by atoms with van der Waals surface area (Å²) in [5.41, 5.74) is 0.832. The van der Waals surface area contributed by atoms with Gasteiger partial charge in [-0.3, -0.25) is 4.79 Å². The Bertz CT molecular complexity index is 508. The van der Waals surface area contributed by atoms with Crippen LogP contribution >= 0.6 is 0 Å². The Morgan fingerprint density at radius 1 is 1.33 bits per heavy atom. The van der Waals surface area contributed by atoms with Crippen LogP contribution in [0.1, 0.15) is 28.4 Å². The molecule has 0 amide bonds. The van der Waals surface area contributed by atoms with E-state index in [1.54, 1.807) is 6.07 Å². The lowest BCUT2D eigenvalue weighted by atomic mass is 10.0. The third-order valence-corrected chi connectivity index (χ3v) is 2.73. The molecule has 1 aromatic rings. The molecule has 0 aromatic heterocycles. The number of rotatable bonds is 4. The first kappa shape index (κ1) is 12.2. The number of aliphatic carboxylic acids is 1.